The highest BCUT2D eigenvalue weighted by atomic mass is 127. The normalized spacial score (nSPS) is 11.6. The summed E-state index contributed by atoms with van der Waals surface area (Å²) in [6, 6.07) is 7.41. The highest BCUT2D eigenvalue weighted by Gasteiger charge is 1.98. The molecule has 0 amide bonds. The van der Waals surface area contributed by atoms with E-state index in [1.807, 2.05) is 18.2 Å². The SMILES string of the molecule is O/N=C(/Cl)c1cccc(I)c1. The summed E-state index contributed by atoms with van der Waals surface area (Å²) in [6.07, 6.45) is 0. The van der Waals surface area contributed by atoms with Crippen molar-refractivity contribution in [3.05, 3.63) is 33.4 Å². The highest BCUT2D eigenvalue weighted by Crippen LogP contribution is 2.10. The van der Waals surface area contributed by atoms with E-state index in [0.29, 0.717) is 0 Å². The maximum atomic E-state index is 8.33. The molecular weight excluding hydrogens is 276 g/mol. The molecule has 0 aliphatic heterocycles. The van der Waals surface area contributed by atoms with Crippen LogP contribution in [0.3, 0.4) is 0 Å². The summed E-state index contributed by atoms with van der Waals surface area (Å²) in [7, 11) is 0. The van der Waals surface area contributed by atoms with Crippen molar-refractivity contribution in [1.29, 1.82) is 0 Å². The van der Waals surface area contributed by atoms with Crippen molar-refractivity contribution >= 4 is 39.4 Å². The molecule has 0 spiro atoms. The zero-order chi connectivity index (χ0) is 8.27. The monoisotopic (exact) mass is 281 g/mol. The number of rotatable bonds is 1. The number of halogens is 2. The van der Waals surface area contributed by atoms with Gasteiger partial charge in [0, 0.05) is 9.13 Å². The molecule has 0 atom stereocenters. The van der Waals surface area contributed by atoms with E-state index in [2.05, 4.69) is 27.7 Å². The molecule has 0 radical (unpaired) electrons. The predicted octanol–water partition coefficient (Wildman–Crippen LogP) is 2.67. The lowest BCUT2D eigenvalue weighted by molar-refractivity contribution is 0.321. The largest absolute Gasteiger partial charge is 0.410 e. The van der Waals surface area contributed by atoms with Crippen LogP contribution >= 0.6 is 34.2 Å². The van der Waals surface area contributed by atoms with Gasteiger partial charge in [-0.1, -0.05) is 28.9 Å². The molecule has 1 N–H and O–H groups in total. The van der Waals surface area contributed by atoms with E-state index in [-0.39, 0.29) is 5.17 Å². The molecule has 58 valence electrons. The predicted molar refractivity (Wildman–Crippen MR) is 53.3 cm³/mol. The second-order valence-electron chi connectivity index (χ2n) is 1.90. The zero-order valence-electron chi connectivity index (χ0n) is 5.46. The van der Waals surface area contributed by atoms with E-state index >= 15 is 0 Å². The van der Waals surface area contributed by atoms with Gasteiger partial charge >= 0.3 is 0 Å². The van der Waals surface area contributed by atoms with Crippen LogP contribution in [-0.4, -0.2) is 10.4 Å². The molecule has 0 aliphatic carbocycles. The number of hydrogen-bond donors (Lipinski definition) is 1. The Morgan fingerprint density at radius 2 is 2.27 bits per heavy atom. The summed E-state index contributed by atoms with van der Waals surface area (Å²) in [5.41, 5.74) is 0.723. The van der Waals surface area contributed by atoms with Crippen LogP contribution in [0.25, 0.3) is 0 Å². The number of nitrogens with zero attached hydrogens (tertiary/aromatic N) is 1. The lowest BCUT2D eigenvalue weighted by Crippen LogP contribution is -1.90. The van der Waals surface area contributed by atoms with Crippen LogP contribution < -0.4 is 0 Å². The Bertz CT molecular complexity index is 288. The maximum absolute atomic E-state index is 8.33. The lowest BCUT2D eigenvalue weighted by atomic mass is 10.2. The van der Waals surface area contributed by atoms with E-state index in [9.17, 15) is 0 Å². The molecule has 11 heavy (non-hydrogen) atoms. The third-order valence-electron chi connectivity index (χ3n) is 1.15. The van der Waals surface area contributed by atoms with Crippen molar-refractivity contribution in [2.45, 2.75) is 0 Å². The number of hydrogen-bond acceptors (Lipinski definition) is 2. The summed E-state index contributed by atoms with van der Waals surface area (Å²) in [5.74, 6) is 0. The molecule has 0 saturated carbocycles. The molecule has 0 saturated heterocycles. The van der Waals surface area contributed by atoms with E-state index in [4.69, 9.17) is 16.8 Å². The summed E-state index contributed by atoms with van der Waals surface area (Å²) in [4.78, 5) is 0. The molecule has 0 aromatic heterocycles. The van der Waals surface area contributed by atoms with Crippen molar-refractivity contribution in [3.8, 4) is 0 Å². The summed E-state index contributed by atoms with van der Waals surface area (Å²) in [6.45, 7) is 0. The third kappa shape index (κ3) is 2.34. The summed E-state index contributed by atoms with van der Waals surface area (Å²) in [5, 5.41) is 11.3. The Morgan fingerprint density at radius 3 is 2.82 bits per heavy atom. The van der Waals surface area contributed by atoms with Gasteiger partial charge in [0.25, 0.3) is 0 Å². The van der Waals surface area contributed by atoms with E-state index in [1.54, 1.807) is 6.07 Å². The smallest absolute Gasteiger partial charge is 0.175 e. The minimum atomic E-state index is 0.114. The molecular formula is C7H5ClINO. The van der Waals surface area contributed by atoms with Gasteiger partial charge < -0.3 is 5.21 Å². The van der Waals surface area contributed by atoms with Crippen LogP contribution in [0.15, 0.2) is 29.4 Å². The molecule has 1 aromatic rings. The lowest BCUT2D eigenvalue weighted by Gasteiger charge is -1.95. The van der Waals surface area contributed by atoms with Crippen molar-refractivity contribution in [3.63, 3.8) is 0 Å². The van der Waals surface area contributed by atoms with Crippen LogP contribution in [0, 0.1) is 3.57 Å². The van der Waals surface area contributed by atoms with Gasteiger partial charge in [-0.2, -0.15) is 0 Å². The molecule has 0 bridgehead atoms. The second-order valence-corrected chi connectivity index (χ2v) is 3.50. The van der Waals surface area contributed by atoms with Gasteiger partial charge in [0.05, 0.1) is 0 Å². The minimum absolute atomic E-state index is 0.114. The van der Waals surface area contributed by atoms with Crippen LogP contribution in [0.5, 0.6) is 0 Å². The molecule has 0 heterocycles. The quantitative estimate of drug-likeness (QED) is 0.365. The fourth-order valence-electron chi connectivity index (χ4n) is 0.675. The van der Waals surface area contributed by atoms with Crippen molar-refractivity contribution in [2.24, 2.45) is 5.16 Å². The second kappa shape index (κ2) is 3.92. The van der Waals surface area contributed by atoms with Crippen LogP contribution in [0.1, 0.15) is 5.56 Å². The topological polar surface area (TPSA) is 32.6 Å². The molecule has 2 nitrogen and oxygen atoms in total. The molecule has 0 fully saturated rings. The average Bonchev–Trinajstić information content (AvgIpc) is 2.03. The van der Waals surface area contributed by atoms with Gasteiger partial charge in [-0.25, -0.2) is 0 Å². The molecule has 0 unspecified atom stereocenters. The van der Waals surface area contributed by atoms with Crippen LogP contribution in [-0.2, 0) is 0 Å². The number of oxime groups is 1. The molecule has 4 heteroatoms. The van der Waals surface area contributed by atoms with Gasteiger partial charge in [-0.05, 0) is 34.7 Å². The molecule has 1 aromatic carbocycles. The van der Waals surface area contributed by atoms with Crippen molar-refractivity contribution in [1.82, 2.24) is 0 Å². The van der Waals surface area contributed by atoms with Crippen molar-refractivity contribution in [2.75, 3.05) is 0 Å². The van der Waals surface area contributed by atoms with Gasteiger partial charge in [-0.15, -0.1) is 0 Å². The fourth-order valence-corrected chi connectivity index (χ4v) is 1.34. The standard InChI is InChI=1S/C7H5ClINO/c8-7(10-11)5-2-1-3-6(9)4-5/h1-4,11H/b10-7+. The first-order valence-corrected chi connectivity index (χ1v) is 4.33. The van der Waals surface area contributed by atoms with E-state index < -0.39 is 0 Å². The third-order valence-corrected chi connectivity index (χ3v) is 2.12. The van der Waals surface area contributed by atoms with Crippen LogP contribution in [0.4, 0.5) is 0 Å². The van der Waals surface area contributed by atoms with E-state index in [1.165, 1.54) is 0 Å². The Labute approximate surface area is 83.0 Å². The van der Waals surface area contributed by atoms with E-state index in [0.717, 1.165) is 9.13 Å². The molecule has 0 aliphatic rings. The first kappa shape index (κ1) is 8.80. The molecule has 1 rings (SSSR count). The summed E-state index contributed by atoms with van der Waals surface area (Å²) >= 11 is 7.72. The zero-order valence-corrected chi connectivity index (χ0v) is 8.37. The fraction of sp³-hybridized carbons (Fsp3) is 0. The first-order valence-electron chi connectivity index (χ1n) is 2.87. The van der Waals surface area contributed by atoms with Gasteiger partial charge in [0.1, 0.15) is 0 Å². The van der Waals surface area contributed by atoms with Gasteiger partial charge in [0.15, 0.2) is 5.17 Å². The van der Waals surface area contributed by atoms with Gasteiger partial charge in [-0.3, -0.25) is 0 Å². The Balaban J connectivity index is 3.06. The average molecular weight is 281 g/mol. The number of benzene rings is 1. The maximum Gasteiger partial charge on any atom is 0.175 e. The Morgan fingerprint density at radius 1 is 1.55 bits per heavy atom. The summed E-state index contributed by atoms with van der Waals surface area (Å²) < 4.78 is 1.06. The van der Waals surface area contributed by atoms with Crippen LogP contribution in [0.2, 0.25) is 0 Å². The Kier molecular flexibility index (Phi) is 3.14. The van der Waals surface area contributed by atoms with Crippen molar-refractivity contribution < 1.29 is 5.21 Å². The highest BCUT2D eigenvalue weighted by molar-refractivity contribution is 14.1. The minimum Gasteiger partial charge on any atom is -0.410 e. The van der Waals surface area contributed by atoms with Gasteiger partial charge in [0.2, 0.25) is 0 Å². The first-order chi connectivity index (χ1) is 5.24. The Hall–Kier alpha value is -0.290.